The predicted octanol–water partition coefficient (Wildman–Crippen LogP) is 4.43. The molecule has 6 nitrogen and oxygen atoms in total. The second-order valence-electron chi connectivity index (χ2n) is 7.53. The highest BCUT2D eigenvalue weighted by molar-refractivity contribution is 6.31. The zero-order valence-corrected chi connectivity index (χ0v) is 18.9. The molecule has 1 aliphatic rings. The number of fused-ring (bicyclic) bond motifs is 1. The van der Waals surface area contributed by atoms with Gasteiger partial charge >= 0.3 is 0 Å². The number of carbonyl (C=O) groups excluding carboxylic acids is 2. The maximum absolute atomic E-state index is 13.4. The van der Waals surface area contributed by atoms with Gasteiger partial charge in [-0.2, -0.15) is 0 Å². The van der Waals surface area contributed by atoms with Crippen LogP contribution < -0.4 is 20.1 Å². The van der Waals surface area contributed by atoms with Crippen molar-refractivity contribution < 1.29 is 23.5 Å². The third-order valence-electron chi connectivity index (χ3n) is 4.78. The molecule has 1 aliphatic heterocycles. The van der Waals surface area contributed by atoms with E-state index < -0.39 is 17.8 Å². The van der Waals surface area contributed by atoms with E-state index in [1.165, 1.54) is 12.1 Å². The normalized spacial score (nSPS) is 15.7. The van der Waals surface area contributed by atoms with Gasteiger partial charge in [0, 0.05) is 29.2 Å². The van der Waals surface area contributed by atoms with Gasteiger partial charge in [-0.3, -0.25) is 9.59 Å². The molecule has 0 bridgehead atoms. The molecule has 0 spiro atoms. The summed E-state index contributed by atoms with van der Waals surface area (Å²) in [5.41, 5.74) is 1.40. The first-order valence-electron chi connectivity index (χ1n) is 10.0. The van der Waals surface area contributed by atoms with Crippen molar-refractivity contribution in [3.63, 3.8) is 0 Å². The smallest absolute Gasteiger partial charge is 0.262 e. The minimum absolute atomic E-state index is 0.0292. The standard InChI is InChI=1S/C23H23Cl2FN2O4/c1-13(27-22(29)12-31-17-5-6-18(25)19(26)11-17)9-14(2)28-23(30)21-7-3-15-10-16(24)4-8-20(15)32-21/h4-6,8,10-11,14,21H,1,3,7,9,12H2,2H3,(H,27,29)(H,28,30). The van der Waals surface area contributed by atoms with Gasteiger partial charge in [-0.1, -0.05) is 29.8 Å². The van der Waals surface area contributed by atoms with E-state index in [1.54, 1.807) is 19.1 Å². The highest BCUT2D eigenvalue weighted by Gasteiger charge is 2.27. The molecule has 2 aromatic rings. The second kappa shape index (κ2) is 10.7. The minimum atomic E-state index is -0.632. The van der Waals surface area contributed by atoms with Gasteiger partial charge < -0.3 is 20.1 Å². The molecule has 2 amide bonds. The molecule has 9 heteroatoms. The molecule has 0 aromatic heterocycles. The largest absolute Gasteiger partial charge is 0.484 e. The Morgan fingerprint density at radius 3 is 2.81 bits per heavy atom. The fourth-order valence-electron chi connectivity index (χ4n) is 3.30. The Morgan fingerprint density at radius 2 is 2.06 bits per heavy atom. The summed E-state index contributed by atoms with van der Waals surface area (Å²) < 4.78 is 24.4. The molecule has 1 heterocycles. The molecular weight excluding hydrogens is 458 g/mol. The number of halogens is 3. The SMILES string of the molecule is C=C(CC(C)NC(=O)C1CCc2cc(Cl)ccc2O1)NC(=O)COc1ccc(Cl)c(F)c1. The molecule has 0 saturated heterocycles. The van der Waals surface area contributed by atoms with Crippen molar-refractivity contribution in [2.45, 2.75) is 38.3 Å². The van der Waals surface area contributed by atoms with Crippen LogP contribution in [0, 0.1) is 5.82 Å². The van der Waals surface area contributed by atoms with Crippen LogP contribution in [0.5, 0.6) is 11.5 Å². The summed E-state index contributed by atoms with van der Waals surface area (Å²) in [4.78, 5) is 24.6. The Labute approximate surface area is 195 Å². The monoisotopic (exact) mass is 480 g/mol. The van der Waals surface area contributed by atoms with Gasteiger partial charge in [-0.05, 0) is 55.7 Å². The number of amides is 2. The molecule has 0 fully saturated rings. The van der Waals surface area contributed by atoms with Crippen LogP contribution in [0.3, 0.4) is 0 Å². The number of aryl methyl sites for hydroxylation is 1. The highest BCUT2D eigenvalue weighted by atomic mass is 35.5. The third kappa shape index (κ3) is 6.61. The molecule has 3 rings (SSSR count). The molecule has 0 aliphatic carbocycles. The first-order valence-corrected chi connectivity index (χ1v) is 10.8. The maximum Gasteiger partial charge on any atom is 0.262 e. The van der Waals surface area contributed by atoms with Crippen LogP contribution in [0.1, 0.15) is 25.3 Å². The van der Waals surface area contributed by atoms with Gasteiger partial charge in [0.25, 0.3) is 11.8 Å². The molecule has 2 unspecified atom stereocenters. The van der Waals surface area contributed by atoms with E-state index in [2.05, 4.69) is 17.2 Å². The van der Waals surface area contributed by atoms with Gasteiger partial charge in [0.05, 0.1) is 5.02 Å². The topological polar surface area (TPSA) is 76.7 Å². The fraction of sp³-hybridized carbons (Fsp3) is 0.304. The second-order valence-corrected chi connectivity index (χ2v) is 8.37. The van der Waals surface area contributed by atoms with Gasteiger partial charge in [-0.25, -0.2) is 4.39 Å². The summed E-state index contributed by atoms with van der Waals surface area (Å²) in [7, 11) is 0. The lowest BCUT2D eigenvalue weighted by Gasteiger charge is -2.27. The number of nitrogens with one attached hydrogen (secondary N) is 2. The summed E-state index contributed by atoms with van der Waals surface area (Å²) in [6, 6.07) is 8.96. The lowest BCUT2D eigenvalue weighted by atomic mass is 10.0. The average Bonchev–Trinajstić information content (AvgIpc) is 2.73. The first kappa shape index (κ1) is 23.9. The molecule has 0 radical (unpaired) electrons. The summed E-state index contributed by atoms with van der Waals surface area (Å²) in [5, 5.41) is 6.09. The van der Waals surface area contributed by atoms with Crippen LogP contribution in [0.25, 0.3) is 0 Å². The summed E-state index contributed by atoms with van der Waals surface area (Å²) >= 11 is 11.6. The Kier molecular flexibility index (Phi) is 7.99. The Morgan fingerprint density at radius 1 is 1.28 bits per heavy atom. The van der Waals surface area contributed by atoms with Crippen molar-refractivity contribution in [3.05, 3.63) is 70.1 Å². The van der Waals surface area contributed by atoms with Gasteiger partial charge in [0.1, 0.15) is 17.3 Å². The van der Waals surface area contributed by atoms with Crippen LogP contribution in [-0.2, 0) is 16.0 Å². The van der Waals surface area contributed by atoms with E-state index in [-0.39, 0.29) is 29.3 Å². The summed E-state index contributed by atoms with van der Waals surface area (Å²) in [5.74, 6) is -0.469. The Balaban J connectivity index is 1.41. The van der Waals surface area contributed by atoms with Crippen molar-refractivity contribution in [2.75, 3.05) is 6.61 Å². The molecule has 2 N–H and O–H groups in total. The molecule has 32 heavy (non-hydrogen) atoms. The number of rotatable bonds is 8. The van der Waals surface area contributed by atoms with Crippen LogP contribution in [-0.4, -0.2) is 30.6 Å². The number of ether oxygens (including phenoxy) is 2. The van der Waals surface area contributed by atoms with E-state index in [9.17, 15) is 14.0 Å². The van der Waals surface area contributed by atoms with Crippen molar-refractivity contribution in [3.8, 4) is 11.5 Å². The van der Waals surface area contributed by atoms with Gasteiger partial charge in [0.2, 0.25) is 0 Å². The zero-order chi connectivity index (χ0) is 23.3. The lowest BCUT2D eigenvalue weighted by molar-refractivity contribution is -0.129. The van der Waals surface area contributed by atoms with Crippen LogP contribution >= 0.6 is 23.2 Å². The van der Waals surface area contributed by atoms with E-state index in [4.69, 9.17) is 32.7 Å². The zero-order valence-electron chi connectivity index (χ0n) is 17.4. The first-order chi connectivity index (χ1) is 15.2. The third-order valence-corrected chi connectivity index (χ3v) is 5.32. The molecule has 2 atom stereocenters. The summed E-state index contributed by atoms with van der Waals surface area (Å²) in [6.07, 6.45) is 0.975. The quantitative estimate of drug-likeness (QED) is 0.585. The van der Waals surface area contributed by atoms with Crippen LogP contribution in [0.2, 0.25) is 10.0 Å². The summed E-state index contributed by atoms with van der Waals surface area (Å²) in [6.45, 7) is 5.30. The van der Waals surface area contributed by atoms with Crippen molar-refractivity contribution in [2.24, 2.45) is 0 Å². The van der Waals surface area contributed by atoms with Crippen molar-refractivity contribution >= 4 is 35.0 Å². The van der Waals surface area contributed by atoms with Crippen LogP contribution in [0.15, 0.2) is 48.7 Å². The number of carbonyl (C=O) groups is 2. The number of benzene rings is 2. The predicted molar refractivity (Wildman–Crippen MR) is 121 cm³/mol. The Bertz CT molecular complexity index is 1030. The molecule has 0 saturated carbocycles. The molecular formula is C23H23Cl2FN2O4. The van der Waals surface area contributed by atoms with E-state index in [0.717, 1.165) is 11.6 Å². The average molecular weight is 481 g/mol. The van der Waals surface area contributed by atoms with Crippen molar-refractivity contribution in [1.82, 2.24) is 10.6 Å². The highest BCUT2D eigenvalue weighted by Crippen LogP contribution is 2.30. The number of hydrogen-bond donors (Lipinski definition) is 2. The van der Waals surface area contributed by atoms with Gasteiger partial charge in [-0.15, -0.1) is 0 Å². The van der Waals surface area contributed by atoms with E-state index in [1.807, 2.05) is 6.07 Å². The van der Waals surface area contributed by atoms with Crippen molar-refractivity contribution in [1.29, 1.82) is 0 Å². The number of hydrogen-bond acceptors (Lipinski definition) is 4. The Hall–Kier alpha value is -2.77. The maximum atomic E-state index is 13.4. The molecule has 170 valence electrons. The lowest BCUT2D eigenvalue weighted by Crippen LogP contribution is -2.44. The van der Waals surface area contributed by atoms with E-state index in [0.29, 0.717) is 35.7 Å². The van der Waals surface area contributed by atoms with Gasteiger partial charge in [0.15, 0.2) is 12.7 Å². The van der Waals surface area contributed by atoms with E-state index >= 15 is 0 Å². The fourth-order valence-corrected chi connectivity index (χ4v) is 3.61. The van der Waals surface area contributed by atoms with Crippen LogP contribution in [0.4, 0.5) is 4.39 Å². The minimum Gasteiger partial charge on any atom is -0.484 e. The molecule has 2 aromatic carbocycles.